The zero-order valence-electron chi connectivity index (χ0n) is 10.4. The lowest BCUT2D eigenvalue weighted by atomic mass is 10.2. The Bertz CT molecular complexity index is 461. The minimum atomic E-state index is -0.919. The predicted octanol–water partition coefficient (Wildman–Crippen LogP) is 0.487. The third kappa shape index (κ3) is 4.50. The number of aryl methyl sites for hydroxylation is 1. The topological polar surface area (TPSA) is 95.1 Å². The standard InChI is InChI=1S/C11H17N3O3S/c1-3-4-7-5-9(15)14-11(13-7)18-6-8(12-2)10(16)17/h5,8,12H,3-4,6H2,1-2H3,(H,16,17)(H,13,14,15). The van der Waals surface area contributed by atoms with Gasteiger partial charge in [0.15, 0.2) is 5.16 Å². The maximum absolute atomic E-state index is 11.4. The molecule has 100 valence electrons. The number of carboxylic acids is 1. The van der Waals surface area contributed by atoms with Crippen molar-refractivity contribution in [1.29, 1.82) is 0 Å². The summed E-state index contributed by atoms with van der Waals surface area (Å²) in [5.41, 5.74) is 0.535. The fraction of sp³-hybridized carbons (Fsp3) is 0.545. The SMILES string of the molecule is CCCc1cc(=O)[nH]c(SCC(NC)C(=O)O)n1. The average molecular weight is 271 g/mol. The molecule has 0 amide bonds. The molecule has 0 aliphatic rings. The molecule has 7 heteroatoms. The van der Waals surface area contributed by atoms with E-state index in [9.17, 15) is 9.59 Å². The van der Waals surface area contributed by atoms with Crippen LogP contribution in [0.15, 0.2) is 16.0 Å². The molecule has 3 N–H and O–H groups in total. The molecule has 0 saturated carbocycles. The summed E-state index contributed by atoms with van der Waals surface area (Å²) < 4.78 is 0. The second-order valence-corrected chi connectivity index (χ2v) is 4.79. The zero-order valence-corrected chi connectivity index (χ0v) is 11.2. The molecule has 0 saturated heterocycles. The number of hydrogen-bond acceptors (Lipinski definition) is 5. The third-order valence-electron chi connectivity index (χ3n) is 2.31. The highest BCUT2D eigenvalue weighted by molar-refractivity contribution is 7.99. The molecule has 1 aromatic rings. The lowest BCUT2D eigenvalue weighted by Crippen LogP contribution is -2.36. The van der Waals surface area contributed by atoms with Crippen molar-refractivity contribution in [2.45, 2.75) is 31.0 Å². The van der Waals surface area contributed by atoms with Gasteiger partial charge >= 0.3 is 5.97 Å². The first-order valence-corrected chi connectivity index (χ1v) is 6.68. The first-order valence-electron chi connectivity index (χ1n) is 5.70. The zero-order chi connectivity index (χ0) is 13.5. The van der Waals surface area contributed by atoms with Gasteiger partial charge in [0.2, 0.25) is 0 Å². The van der Waals surface area contributed by atoms with Gasteiger partial charge in [-0.1, -0.05) is 25.1 Å². The van der Waals surface area contributed by atoms with Crippen molar-refractivity contribution in [3.63, 3.8) is 0 Å². The number of nitrogens with one attached hydrogen (secondary N) is 2. The van der Waals surface area contributed by atoms with Gasteiger partial charge in [-0.2, -0.15) is 0 Å². The second-order valence-electron chi connectivity index (χ2n) is 3.78. The predicted molar refractivity (Wildman–Crippen MR) is 70.1 cm³/mol. The lowest BCUT2D eigenvalue weighted by Gasteiger charge is -2.10. The van der Waals surface area contributed by atoms with Crippen molar-refractivity contribution in [3.8, 4) is 0 Å². The smallest absolute Gasteiger partial charge is 0.321 e. The number of likely N-dealkylation sites (N-methyl/N-ethyl adjacent to an activating group) is 1. The number of hydrogen-bond donors (Lipinski definition) is 3. The Labute approximate surface area is 109 Å². The van der Waals surface area contributed by atoms with Crippen molar-refractivity contribution < 1.29 is 9.90 Å². The van der Waals surface area contributed by atoms with Crippen LogP contribution >= 0.6 is 11.8 Å². The molecule has 0 radical (unpaired) electrons. The van der Waals surface area contributed by atoms with Crippen LogP contribution < -0.4 is 10.9 Å². The van der Waals surface area contributed by atoms with Crippen LogP contribution in [0.1, 0.15) is 19.0 Å². The minimum Gasteiger partial charge on any atom is -0.480 e. The van der Waals surface area contributed by atoms with E-state index in [2.05, 4.69) is 15.3 Å². The summed E-state index contributed by atoms with van der Waals surface area (Å²) in [6.45, 7) is 2.01. The maximum Gasteiger partial charge on any atom is 0.321 e. The van der Waals surface area contributed by atoms with Crippen LogP contribution in [0.2, 0.25) is 0 Å². The molecular weight excluding hydrogens is 254 g/mol. The van der Waals surface area contributed by atoms with E-state index in [4.69, 9.17) is 5.11 Å². The summed E-state index contributed by atoms with van der Waals surface area (Å²) in [7, 11) is 1.59. The molecule has 1 heterocycles. The molecule has 1 aromatic heterocycles. The highest BCUT2D eigenvalue weighted by atomic mass is 32.2. The summed E-state index contributed by atoms with van der Waals surface area (Å²) in [5, 5.41) is 12.0. The van der Waals surface area contributed by atoms with Crippen LogP contribution in [0.4, 0.5) is 0 Å². The quantitative estimate of drug-likeness (QED) is 0.493. The largest absolute Gasteiger partial charge is 0.480 e. The van der Waals surface area contributed by atoms with Gasteiger partial charge in [0.25, 0.3) is 5.56 Å². The van der Waals surface area contributed by atoms with E-state index in [0.29, 0.717) is 10.9 Å². The van der Waals surface area contributed by atoms with Crippen LogP contribution in [-0.2, 0) is 11.2 Å². The van der Waals surface area contributed by atoms with E-state index in [1.807, 2.05) is 6.92 Å². The molecule has 6 nitrogen and oxygen atoms in total. The summed E-state index contributed by atoms with van der Waals surface area (Å²) >= 11 is 1.23. The van der Waals surface area contributed by atoms with Gasteiger partial charge in [-0.25, -0.2) is 4.98 Å². The minimum absolute atomic E-state index is 0.202. The van der Waals surface area contributed by atoms with Crippen molar-refractivity contribution in [1.82, 2.24) is 15.3 Å². The average Bonchev–Trinajstić information content (AvgIpc) is 2.29. The summed E-state index contributed by atoms with van der Waals surface area (Å²) in [6.07, 6.45) is 1.65. The highest BCUT2D eigenvalue weighted by Gasteiger charge is 2.15. The molecule has 0 aliphatic heterocycles. The normalized spacial score (nSPS) is 12.3. The van der Waals surface area contributed by atoms with E-state index in [-0.39, 0.29) is 5.56 Å². The number of rotatable bonds is 7. The van der Waals surface area contributed by atoms with Gasteiger partial charge in [0, 0.05) is 17.5 Å². The van der Waals surface area contributed by atoms with Crippen molar-refractivity contribution in [2.24, 2.45) is 0 Å². The molecule has 1 atom stereocenters. The number of H-pyrrole nitrogens is 1. The van der Waals surface area contributed by atoms with Gasteiger partial charge in [0.1, 0.15) is 6.04 Å². The Kier molecular flexibility index (Phi) is 5.87. The molecule has 18 heavy (non-hydrogen) atoms. The van der Waals surface area contributed by atoms with Crippen molar-refractivity contribution in [2.75, 3.05) is 12.8 Å². The molecule has 0 fully saturated rings. The van der Waals surface area contributed by atoms with Crippen LogP contribution in [0, 0.1) is 0 Å². The first kappa shape index (κ1) is 14.7. The monoisotopic (exact) mass is 271 g/mol. The van der Waals surface area contributed by atoms with E-state index >= 15 is 0 Å². The van der Waals surface area contributed by atoms with E-state index in [1.165, 1.54) is 17.8 Å². The summed E-state index contributed by atoms with van der Waals surface area (Å²) in [4.78, 5) is 29.1. The summed E-state index contributed by atoms with van der Waals surface area (Å²) in [6, 6.07) is 0.815. The number of carbonyl (C=O) groups is 1. The number of thioether (sulfide) groups is 1. The molecule has 0 aliphatic carbocycles. The molecule has 1 unspecified atom stereocenters. The van der Waals surface area contributed by atoms with Crippen LogP contribution in [0.25, 0.3) is 0 Å². The maximum atomic E-state index is 11.4. The molecule has 0 bridgehead atoms. The van der Waals surface area contributed by atoms with Crippen molar-refractivity contribution >= 4 is 17.7 Å². The van der Waals surface area contributed by atoms with Crippen molar-refractivity contribution in [3.05, 3.63) is 22.1 Å². The number of aliphatic carboxylic acids is 1. The second kappa shape index (κ2) is 7.17. The fourth-order valence-electron chi connectivity index (χ4n) is 1.38. The number of nitrogens with zero attached hydrogens (tertiary/aromatic N) is 1. The Morgan fingerprint density at radius 1 is 1.67 bits per heavy atom. The molecule has 0 aromatic carbocycles. The highest BCUT2D eigenvalue weighted by Crippen LogP contribution is 2.13. The Morgan fingerprint density at radius 3 is 2.94 bits per heavy atom. The van der Waals surface area contributed by atoms with Gasteiger partial charge in [0.05, 0.1) is 0 Å². The Balaban J connectivity index is 2.72. The fourth-order valence-corrected chi connectivity index (χ4v) is 2.36. The van der Waals surface area contributed by atoms with Gasteiger partial charge in [-0.15, -0.1) is 0 Å². The summed E-state index contributed by atoms with van der Waals surface area (Å²) in [5.74, 6) is -0.610. The van der Waals surface area contributed by atoms with Crippen LogP contribution in [0.3, 0.4) is 0 Å². The van der Waals surface area contributed by atoms with Gasteiger partial charge in [-0.3, -0.25) is 9.59 Å². The number of aromatic amines is 1. The Morgan fingerprint density at radius 2 is 2.39 bits per heavy atom. The number of carboxylic acid groups (broad SMARTS) is 1. The lowest BCUT2D eigenvalue weighted by molar-refractivity contribution is -0.138. The van der Waals surface area contributed by atoms with E-state index in [1.54, 1.807) is 7.05 Å². The molecule has 0 spiro atoms. The van der Waals surface area contributed by atoms with E-state index < -0.39 is 12.0 Å². The first-order chi connectivity index (χ1) is 8.56. The van der Waals surface area contributed by atoms with E-state index in [0.717, 1.165) is 18.5 Å². The van der Waals surface area contributed by atoms with Crippen LogP contribution in [-0.4, -0.2) is 39.9 Å². The van der Waals surface area contributed by atoms with Crippen LogP contribution in [0.5, 0.6) is 0 Å². The Hall–Kier alpha value is -1.34. The van der Waals surface area contributed by atoms with Gasteiger partial charge in [-0.05, 0) is 13.5 Å². The number of aromatic nitrogens is 2. The molecular formula is C11H17N3O3S. The molecule has 1 rings (SSSR count). The third-order valence-corrected chi connectivity index (χ3v) is 3.28. The van der Waals surface area contributed by atoms with Gasteiger partial charge < -0.3 is 15.4 Å².